The number of halogens is 1. The van der Waals surface area contributed by atoms with Crippen LogP contribution >= 0.6 is 22.9 Å². The third-order valence-electron chi connectivity index (χ3n) is 3.68. The van der Waals surface area contributed by atoms with Gasteiger partial charge in [-0.05, 0) is 36.4 Å². The molecular formula is C18H12ClN3O2S. The van der Waals surface area contributed by atoms with Crippen LogP contribution in [0.4, 0.5) is 0 Å². The number of rotatable bonds is 4. The Bertz CT molecular complexity index is 1090. The second-order valence-corrected chi connectivity index (χ2v) is 6.66. The Morgan fingerprint density at radius 2 is 2.04 bits per heavy atom. The van der Waals surface area contributed by atoms with Crippen molar-refractivity contribution in [3.63, 3.8) is 0 Å². The molecule has 0 saturated carbocycles. The van der Waals surface area contributed by atoms with Gasteiger partial charge in [-0.25, -0.2) is 4.68 Å². The first-order chi connectivity index (χ1) is 12.1. The summed E-state index contributed by atoms with van der Waals surface area (Å²) in [5, 5.41) is 7.71. The van der Waals surface area contributed by atoms with Crippen molar-refractivity contribution < 1.29 is 9.53 Å². The van der Waals surface area contributed by atoms with Crippen molar-refractivity contribution in [2.45, 2.75) is 0 Å². The first kappa shape index (κ1) is 15.7. The Balaban J connectivity index is 1.69. The summed E-state index contributed by atoms with van der Waals surface area (Å²) in [6.45, 7) is 0. The highest BCUT2D eigenvalue weighted by Crippen LogP contribution is 2.31. The summed E-state index contributed by atoms with van der Waals surface area (Å²) in [6.07, 6.45) is 1.75. The minimum Gasteiger partial charge on any atom is -0.456 e. The highest BCUT2D eigenvalue weighted by atomic mass is 35.5. The molecule has 2 N–H and O–H groups in total. The van der Waals surface area contributed by atoms with Crippen LogP contribution in [0.25, 0.3) is 16.6 Å². The second-order valence-electron chi connectivity index (χ2n) is 5.34. The number of amides is 1. The molecule has 5 nitrogen and oxygen atoms in total. The molecule has 25 heavy (non-hydrogen) atoms. The van der Waals surface area contributed by atoms with Gasteiger partial charge in [-0.1, -0.05) is 23.7 Å². The molecule has 0 fully saturated rings. The molecule has 4 aromatic rings. The van der Waals surface area contributed by atoms with E-state index >= 15 is 0 Å². The van der Waals surface area contributed by atoms with Gasteiger partial charge in [0.25, 0.3) is 5.91 Å². The predicted molar refractivity (Wildman–Crippen MR) is 99.0 cm³/mol. The number of hydrogen-bond donors (Lipinski definition) is 1. The number of thiophene rings is 1. The zero-order valence-corrected chi connectivity index (χ0v) is 14.4. The van der Waals surface area contributed by atoms with Gasteiger partial charge in [0, 0.05) is 10.8 Å². The molecule has 0 aliphatic carbocycles. The molecule has 0 spiro atoms. The third kappa shape index (κ3) is 2.97. The summed E-state index contributed by atoms with van der Waals surface area (Å²) in [7, 11) is 0. The number of carbonyl (C=O) groups excluding carboxylic acids is 1. The van der Waals surface area contributed by atoms with E-state index in [2.05, 4.69) is 5.10 Å². The monoisotopic (exact) mass is 369 g/mol. The van der Waals surface area contributed by atoms with E-state index < -0.39 is 5.91 Å². The van der Waals surface area contributed by atoms with Crippen LogP contribution in [0.15, 0.2) is 60.1 Å². The molecule has 1 amide bonds. The average Bonchev–Trinajstić information content (AvgIpc) is 3.23. The SMILES string of the molecule is NC(=O)c1cc(-n2ncc3cc(Oc4ccccc4Cl)ccc32)cs1. The van der Waals surface area contributed by atoms with E-state index in [1.807, 2.05) is 41.8 Å². The zero-order valence-electron chi connectivity index (χ0n) is 12.8. The van der Waals surface area contributed by atoms with Gasteiger partial charge in [-0.2, -0.15) is 5.10 Å². The van der Waals surface area contributed by atoms with E-state index in [0.717, 1.165) is 16.6 Å². The fraction of sp³-hybridized carbons (Fsp3) is 0. The normalized spacial score (nSPS) is 10.9. The van der Waals surface area contributed by atoms with Gasteiger partial charge >= 0.3 is 0 Å². The summed E-state index contributed by atoms with van der Waals surface area (Å²) in [5.74, 6) is 0.825. The van der Waals surface area contributed by atoms with E-state index in [0.29, 0.717) is 21.4 Å². The van der Waals surface area contributed by atoms with E-state index in [1.165, 1.54) is 11.3 Å². The summed E-state index contributed by atoms with van der Waals surface area (Å²) in [4.78, 5) is 11.8. The van der Waals surface area contributed by atoms with Gasteiger partial charge in [-0.15, -0.1) is 11.3 Å². The lowest BCUT2D eigenvalue weighted by Crippen LogP contribution is -2.08. The largest absolute Gasteiger partial charge is 0.456 e. The molecule has 2 heterocycles. The number of primary amides is 1. The quantitative estimate of drug-likeness (QED) is 0.570. The van der Waals surface area contributed by atoms with Crippen molar-refractivity contribution in [1.82, 2.24) is 9.78 Å². The van der Waals surface area contributed by atoms with E-state index in [-0.39, 0.29) is 0 Å². The average molecular weight is 370 g/mol. The molecule has 124 valence electrons. The lowest BCUT2D eigenvalue weighted by Gasteiger charge is -2.07. The van der Waals surface area contributed by atoms with Crippen molar-refractivity contribution >= 4 is 39.7 Å². The molecule has 2 aromatic carbocycles. The number of hydrogen-bond acceptors (Lipinski definition) is 4. The fourth-order valence-electron chi connectivity index (χ4n) is 2.50. The number of para-hydroxylation sites is 1. The molecule has 0 radical (unpaired) electrons. The number of carbonyl (C=O) groups is 1. The van der Waals surface area contributed by atoms with Crippen molar-refractivity contribution in [2.75, 3.05) is 0 Å². The number of aromatic nitrogens is 2. The second kappa shape index (κ2) is 6.23. The number of benzene rings is 2. The molecule has 0 aliphatic heterocycles. The molecule has 0 atom stereocenters. The summed E-state index contributed by atoms with van der Waals surface area (Å²) < 4.78 is 7.60. The van der Waals surface area contributed by atoms with Crippen molar-refractivity contribution in [3.05, 3.63) is 70.0 Å². The van der Waals surface area contributed by atoms with E-state index in [1.54, 1.807) is 23.0 Å². The standard InChI is InChI=1S/C18H12ClN3O2S/c19-14-3-1-2-4-16(14)24-13-5-6-15-11(7-13)9-21-22(15)12-8-17(18(20)23)25-10-12/h1-10H,(H2,20,23). The van der Waals surface area contributed by atoms with Crippen molar-refractivity contribution in [2.24, 2.45) is 5.73 Å². The Kier molecular flexibility index (Phi) is 3.91. The topological polar surface area (TPSA) is 70.1 Å². The lowest BCUT2D eigenvalue weighted by atomic mass is 10.2. The van der Waals surface area contributed by atoms with Crippen LogP contribution in [0, 0.1) is 0 Å². The summed E-state index contributed by atoms with van der Waals surface area (Å²) >= 11 is 7.42. The van der Waals surface area contributed by atoms with Crippen LogP contribution in [-0.2, 0) is 0 Å². The Labute approximate surface area is 152 Å². The maximum absolute atomic E-state index is 11.3. The molecule has 7 heteroatoms. The fourth-order valence-corrected chi connectivity index (χ4v) is 3.40. The minimum absolute atomic E-state index is 0.442. The third-order valence-corrected chi connectivity index (χ3v) is 4.92. The predicted octanol–water partition coefficient (Wildman–Crippen LogP) is 4.63. The first-order valence-corrected chi connectivity index (χ1v) is 8.66. The Morgan fingerprint density at radius 3 is 2.80 bits per heavy atom. The maximum Gasteiger partial charge on any atom is 0.258 e. The summed E-state index contributed by atoms with van der Waals surface area (Å²) in [6, 6.07) is 14.7. The molecule has 0 unspecified atom stereocenters. The van der Waals surface area contributed by atoms with Crippen LogP contribution < -0.4 is 10.5 Å². The number of nitrogens with two attached hydrogens (primary N) is 1. The Hall–Kier alpha value is -2.83. The molecule has 2 aromatic heterocycles. The van der Waals surface area contributed by atoms with Crippen LogP contribution in [0.5, 0.6) is 11.5 Å². The van der Waals surface area contributed by atoms with Crippen LogP contribution in [-0.4, -0.2) is 15.7 Å². The van der Waals surface area contributed by atoms with Crippen LogP contribution in [0.1, 0.15) is 9.67 Å². The van der Waals surface area contributed by atoms with Gasteiger partial charge in [0.1, 0.15) is 11.5 Å². The van der Waals surface area contributed by atoms with Crippen LogP contribution in [0.3, 0.4) is 0 Å². The van der Waals surface area contributed by atoms with E-state index in [4.69, 9.17) is 22.1 Å². The molecule has 4 rings (SSSR count). The van der Waals surface area contributed by atoms with Crippen molar-refractivity contribution in [3.8, 4) is 17.2 Å². The zero-order chi connectivity index (χ0) is 17.4. The lowest BCUT2D eigenvalue weighted by molar-refractivity contribution is 0.100. The molecular weight excluding hydrogens is 358 g/mol. The smallest absolute Gasteiger partial charge is 0.258 e. The van der Waals surface area contributed by atoms with Crippen molar-refractivity contribution in [1.29, 1.82) is 0 Å². The molecule has 0 saturated heterocycles. The number of ether oxygens (including phenoxy) is 1. The van der Waals surface area contributed by atoms with Crippen LogP contribution in [0.2, 0.25) is 5.02 Å². The van der Waals surface area contributed by atoms with Gasteiger partial charge in [0.15, 0.2) is 0 Å². The van der Waals surface area contributed by atoms with Gasteiger partial charge in [0.2, 0.25) is 0 Å². The van der Waals surface area contributed by atoms with Gasteiger partial charge in [-0.3, -0.25) is 4.79 Å². The maximum atomic E-state index is 11.3. The Morgan fingerprint density at radius 1 is 1.20 bits per heavy atom. The van der Waals surface area contributed by atoms with Gasteiger partial charge < -0.3 is 10.5 Å². The number of fused-ring (bicyclic) bond motifs is 1. The van der Waals surface area contributed by atoms with Gasteiger partial charge in [0.05, 0.1) is 27.3 Å². The van der Waals surface area contributed by atoms with E-state index in [9.17, 15) is 4.79 Å². The highest BCUT2D eigenvalue weighted by Gasteiger charge is 2.11. The minimum atomic E-state index is -0.442. The number of nitrogens with zero attached hydrogens (tertiary/aromatic N) is 2. The molecule has 0 bridgehead atoms. The highest BCUT2D eigenvalue weighted by molar-refractivity contribution is 7.12. The first-order valence-electron chi connectivity index (χ1n) is 7.41. The molecule has 0 aliphatic rings. The summed E-state index contributed by atoms with van der Waals surface area (Å²) in [5.41, 5.74) is 7.02.